The van der Waals surface area contributed by atoms with Gasteiger partial charge in [-0.2, -0.15) is 0 Å². The summed E-state index contributed by atoms with van der Waals surface area (Å²) < 4.78 is 5.16. The Morgan fingerprint density at radius 1 is 1.00 bits per heavy atom. The number of aliphatic hydroxyl groups is 4. The van der Waals surface area contributed by atoms with Crippen molar-refractivity contribution in [2.24, 2.45) is 0 Å². The molecule has 0 aromatic carbocycles. The Morgan fingerprint density at radius 3 is 2.00 bits per heavy atom. The van der Waals surface area contributed by atoms with Crippen LogP contribution in [-0.4, -0.2) is 82.6 Å². The van der Waals surface area contributed by atoms with Crippen molar-refractivity contribution in [3.63, 3.8) is 0 Å². The second-order valence-electron chi connectivity index (χ2n) is 5.26. The predicted octanol–water partition coefficient (Wildman–Crippen LogP) is -0.803. The Hall–Kier alpha value is -0.240. The molecule has 116 valence electrons. The van der Waals surface area contributed by atoms with Gasteiger partial charge in [0.1, 0.15) is 18.3 Å². The minimum Gasteiger partial charge on any atom is -0.389 e. The second kappa shape index (κ2) is 9.63. The number of hydrogen-bond donors (Lipinski definition) is 4. The zero-order valence-electron chi connectivity index (χ0n) is 12.4. The van der Waals surface area contributed by atoms with E-state index in [1.165, 1.54) is 0 Å². The molecule has 0 aliphatic rings. The van der Waals surface area contributed by atoms with Gasteiger partial charge in [0.05, 0.1) is 18.8 Å². The molecular weight excluding hydrogens is 250 g/mol. The van der Waals surface area contributed by atoms with Crippen molar-refractivity contribution in [1.82, 2.24) is 4.90 Å². The molecule has 6 nitrogen and oxygen atoms in total. The van der Waals surface area contributed by atoms with Crippen LogP contribution >= 0.6 is 0 Å². The molecule has 19 heavy (non-hydrogen) atoms. The molecule has 0 rings (SSSR count). The van der Waals surface area contributed by atoms with E-state index in [0.29, 0.717) is 0 Å². The zero-order valence-corrected chi connectivity index (χ0v) is 12.4. The maximum atomic E-state index is 9.81. The highest BCUT2D eigenvalue weighted by molar-refractivity contribution is 4.82. The van der Waals surface area contributed by atoms with Gasteiger partial charge in [-0.3, -0.25) is 0 Å². The van der Waals surface area contributed by atoms with Crippen molar-refractivity contribution < 1.29 is 25.2 Å². The minimum atomic E-state index is -1.43. The summed E-state index contributed by atoms with van der Waals surface area (Å²) in [6.45, 7) is 6.59. The van der Waals surface area contributed by atoms with Crippen LogP contribution in [-0.2, 0) is 4.74 Å². The topological polar surface area (TPSA) is 93.4 Å². The molecule has 0 aliphatic heterocycles. The standard InChI is InChI=1S/C13H29NO5/c1-5-6-14(4)7-10(15)12(17)13(18)11(16)8-19-9(2)3/h9-13,15-18H,5-8H2,1-4H3/t10?,11-,12-,13-/m1/s1. The Bertz CT molecular complexity index is 227. The molecule has 0 saturated carbocycles. The van der Waals surface area contributed by atoms with E-state index >= 15 is 0 Å². The van der Waals surface area contributed by atoms with E-state index < -0.39 is 24.4 Å². The fraction of sp³-hybridized carbons (Fsp3) is 1.00. The average molecular weight is 279 g/mol. The summed E-state index contributed by atoms with van der Waals surface area (Å²) in [5, 5.41) is 39.0. The van der Waals surface area contributed by atoms with Gasteiger partial charge in [-0.25, -0.2) is 0 Å². The van der Waals surface area contributed by atoms with E-state index in [1.807, 2.05) is 32.7 Å². The lowest BCUT2D eigenvalue weighted by molar-refractivity contribution is -0.128. The lowest BCUT2D eigenvalue weighted by Crippen LogP contribution is -2.49. The van der Waals surface area contributed by atoms with E-state index in [1.54, 1.807) is 0 Å². The van der Waals surface area contributed by atoms with Crippen LogP contribution in [0.4, 0.5) is 0 Å². The van der Waals surface area contributed by atoms with E-state index in [-0.39, 0.29) is 19.3 Å². The van der Waals surface area contributed by atoms with Crippen LogP contribution in [0.5, 0.6) is 0 Å². The Morgan fingerprint density at radius 2 is 1.53 bits per heavy atom. The lowest BCUT2D eigenvalue weighted by Gasteiger charge is -2.29. The number of aliphatic hydroxyl groups excluding tert-OH is 4. The molecular formula is C13H29NO5. The van der Waals surface area contributed by atoms with Gasteiger partial charge in [0.2, 0.25) is 0 Å². The van der Waals surface area contributed by atoms with Crippen molar-refractivity contribution in [3.05, 3.63) is 0 Å². The molecule has 0 fully saturated rings. The van der Waals surface area contributed by atoms with Crippen LogP contribution in [0, 0.1) is 0 Å². The first kappa shape index (κ1) is 18.8. The van der Waals surface area contributed by atoms with E-state index in [4.69, 9.17) is 4.74 Å². The van der Waals surface area contributed by atoms with Crippen LogP contribution in [0.25, 0.3) is 0 Å². The Balaban J connectivity index is 4.18. The van der Waals surface area contributed by atoms with Crippen molar-refractivity contribution in [1.29, 1.82) is 0 Å². The fourth-order valence-corrected chi connectivity index (χ4v) is 1.75. The SMILES string of the molecule is CCCN(C)CC(O)[C@@H](O)[C@H](O)[C@H](O)COC(C)C. The third kappa shape index (κ3) is 7.81. The van der Waals surface area contributed by atoms with Crippen LogP contribution < -0.4 is 0 Å². The number of likely N-dealkylation sites (N-methyl/N-ethyl adjacent to an activating group) is 1. The molecule has 0 bridgehead atoms. The van der Waals surface area contributed by atoms with E-state index in [2.05, 4.69) is 0 Å². The highest BCUT2D eigenvalue weighted by Crippen LogP contribution is 2.08. The van der Waals surface area contributed by atoms with Crippen LogP contribution in [0.1, 0.15) is 27.2 Å². The third-order valence-electron chi connectivity index (χ3n) is 2.84. The summed E-state index contributed by atoms with van der Waals surface area (Å²) in [6, 6.07) is 0. The maximum absolute atomic E-state index is 9.81. The van der Waals surface area contributed by atoms with Crippen molar-refractivity contribution in [2.45, 2.75) is 57.7 Å². The Kier molecular flexibility index (Phi) is 9.51. The highest BCUT2D eigenvalue weighted by atomic mass is 16.5. The smallest absolute Gasteiger partial charge is 0.111 e. The molecule has 6 heteroatoms. The molecule has 0 spiro atoms. The van der Waals surface area contributed by atoms with Gasteiger partial charge in [0.15, 0.2) is 0 Å². The predicted molar refractivity (Wildman–Crippen MR) is 72.9 cm³/mol. The van der Waals surface area contributed by atoms with E-state index in [0.717, 1.165) is 13.0 Å². The van der Waals surface area contributed by atoms with Crippen molar-refractivity contribution >= 4 is 0 Å². The van der Waals surface area contributed by atoms with Gasteiger partial charge in [-0.1, -0.05) is 6.92 Å². The summed E-state index contributed by atoms with van der Waals surface area (Å²) in [4.78, 5) is 1.86. The molecule has 0 radical (unpaired) electrons. The van der Waals surface area contributed by atoms with Crippen LogP contribution in [0.2, 0.25) is 0 Å². The maximum Gasteiger partial charge on any atom is 0.111 e. The molecule has 0 aromatic rings. The lowest BCUT2D eigenvalue weighted by atomic mass is 10.0. The number of rotatable bonds is 10. The molecule has 0 aliphatic carbocycles. The number of nitrogens with zero attached hydrogens (tertiary/aromatic N) is 1. The molecule has 1 unspecified atom stereocenters. The number of hydrogen-bond acceptors (Lipinski definition) is 6. The first-order valence-corrected chi connectivity index (χ1v) is 6.82. The second-order valence-corrected chi connectivity index (χ2v) is 5.26. The summed E-state index contributed by atoms with van der Waals surface area (Å²) in [6.07, 6.45) is -4.29. The van der Waals surface area contributed by atoms with Crippen molar-refractivity contribution in [3.8, 4) is 0 Å². The van der Waals surface area contributed by atoms with Gasteiger partial charge in [0, 0.05) is 6.54 Å². The first-order chi connectivity index (χ1) is 8.79. The molecule has 0 amide bonds. The summed E-state index contributed by atoms with van der Waals surface area (Å²) in [5.74, 6) is 0. The quantitative estimate of drug-likeness (QED) is 0.418. The number of ether oxygens (including phenoxy) is 1. The monoisotopic (exact) mass is 279 g/mol. The van der Waals surface area contributed by atoms with Crippen LogP contribution in [0.3, 0.4) is 0 Å². The minimum absolute atomic E-state index is 0.0698. The molecule has 0 saturated heterocycles. The summed E-state index contributed by atoms with van der Waals surface area (Å²) in [5.41, 5.74) is 0. The van der Waals surface area contributed by atoms with Gasteiger partial charge < -0.3 is 30.1 Å². The van der Waals surface area contributed by atoms with Gasteiger partial charge in [-0.05, 0) is 33.9 Å². The van der Waals surface area contributed by atoms with Gasteiger partial charge >= 0.3 is 0 Å². The third-order valence-corrected chi connectivity index (χ3v) is 2.84. The normalized spacial score (nSPS) is 18.6. The average Bonchev–Trinajstić information content (AvgIpc) is 2.34. The highest BCUT2D eigenvalue weighted by Gasteiger charge is 2.31. The molecule has 4 N–H and O–H groups in total. The first-order valence-electron chi connectivity index (χ1n) is 6.82. The van der Waals surface area contributed by atoms with Gasteiger partial charge in [-0.15, -0.1) is 0 Å². The van der Waals surface area contributed by atoms with Gasteiger partial charge in [0.25, 0.3) is 0 Å². The van der Waals surface area contributed by atoms with Crippen LogP contribution in [0.15, 0.2) is 0 Å². The summed E-state index contributed by atoms with van der Waals surface area (Å²) in [7, 11) is 1.82. The Labute approximate surface area is 115 Å². The summed E-state index contributed by atoms with van der Waals surface area (Å²) >= 11 is 0. The molecule has 0 heterocycles. The fourth-order valence-electron chi connectivity index (χ4n) is 1.75. The molecule has 4 atom stereocenters. The van der Waals surface area contributed by atoms with E-state index in [9.17, 15) is 20.4 Å². The largest absolute Gasteiger partial charge is 0.389 e. The van der Waals surface area contributed by atoms with Crippen molar-refractivity contribution in [2.75, 3.05) is 26.7 Å². The molecule has 0 aromatic heterocycles. The zero-order chi connectivity index (χ0) is 15.0.